The second kappa shape index (κ2) is 8.80. The molecule has 7 heteroatoms. The van der Waals surface area contributed by atoms with Gasteiger partial charge in [0, 0.05) is 38.8 Å². The number of hydrogen-bond donors (Lipinski definition) is 2. The third-order valence-electron chi connectivity index (χ3n) is 6.08. The first kappa shape index (κ1) is 19.8. The number of carboxylic acids is 2. The van der Waals surface area contributed by atoms with Crippen molar-refractivity contribution in [1.29, 1.82) is 0 Å². The van der Waals surface area contributed by atoms with Crippen LogP contribution < -0.4 is 0 Å². The molecule has 3 aliphatic rings. The molecular formula is C20H27FN2O4. The van der Waals surface area contributed by atoms with Gasteiger partial charge in [-0.1, -0.05) is 18.6 Å². The van der Waals surface area contributed by atoms with Gasteiger partial charge in [-0.3, -0.25) is 9.80 Å². The van der Waals surface area contributed by atoms with Crippen molar-refractivity contribution in [3.63, 3.8) is 0 Å². The van der Waals surface area contributed by atoms with Gasteiger partial charge in [0.25, 0.3) is 0 Å². The average Bonchev–Trinajstić information content (AvgIpc) is 3.28. The molecule has 1 aromatic carbocycles. The van der Waals surface area contributed by atoms with E-state index in [1.165, 1.54) is 44.3 Å². The van der Waals surface area contributed by atoms with Crippen molar-refractivity contribution in [2.24, 2.45) is 11.8 Å². The first-order valence-corrected chi connectivity index (χ1v) is 9.59. The molecule has 3 unspecified atom stereocenters. The van der Waals surface area contributed by atoms with Gasteiger partial charge in [-0.15, -0.1) is 0 Å². The van der Waals surface area contributed by atoms with Crippen LogP contribution in [0.15, 0.2) is 24.3 Å². The number of rotatable bonds is 3. The maximum Gasteiger partial charge on any atom is 0.414 e. The lowest BCUT2D eigenvalue weighted by Crippen LogP contribution is -2.51. The van der Waals surface area contributed by atoms with Crippen molar-refractivity contribution >= 4 is 11.9 Å². The Hall–Kier alpha value is -1.99. The van der Waals surface area contributed by atoms with Crippen LogP contribution >= 0.6 is 0 Å². The molecule has 1 heterocycles. The molecule has 27 heavy (non-hydrogen) atoms. The van der Waals surface area contributed by atoms with Crippen molar-refractivity contribution in [2.45, 2.75) is 38.3 Å². The first-order chi connectivity index (χ1) is 12.9. The number of piperazine rings is 1. The van der Waals surface area contributed by atoms with E-state index in [9.17, 15) is 4.39 Å². The fraction of sp³-hybridized carbons (Fsp3) is 0.600. The van der Waals surface area contributed by atoms with Gasteiger partial charge in [-0.2, -0.15) is 0 Å². The Morgan fingerprint density at radius 3 is 2.07 bits per heavy atom. The van der Waals surface area contributed by atoms with E-state index in [2.05, 4.69) is 9.80 Å². The van der Waals surface area contributed by atoms with Crippen LogP contribution in [0.25, 0.3) is 0 Å². The van der Waals surface area contributed by atoms with Crippen LogP contribution in [0.2, 0.25) is 0 Å². The Morgan fingerprint density at radius 2 is 1.59 bits per heavy atom. The molecule has 6 nitrogen and oxygen atoms in total. The fourth-order valence-electron chi connectivity index (χ4n) is 4.76. The predicted molar refractivity (Wildman–Crippen MR) is 97.8 cm³/mol. The number of aliphatic carboxylic acids is 2. The Bertz CT molecular complexity index is 646. The van der Waals surface area contributed by atoms with Crippen LogP contribution in [-0.4, -0.2) is 64.2 Å². The molecule has 3 atom stereocenters. The molecule has 1 aromatic rings. The number of benzene rings is 1. The highest BCUT2D eigenvalue weighted by Crippen LogP contribution is 2.46. The molecule has 2 N–H and O–H groups in total. The summed E-state index contributed by atoms with van der Waals surface area (Å²) in [5, 5.41) is 14.8. The van der Waals surface area contributed by atoms with E-state index >= 15 is 0 Å². The van der Waals surface area contributed by atoms with Crippen LogP contribution in [0.1, 0.15) is 31.2 Å². The van der Waals surface area contributed by atoms with Crippen molar-refractivity contribution in [2.75, 3.05) is 26.2 Å². The zero-order valence-electron chi connectivity index (χ0n) is 15.4. The van der Waals surface area contributed by atoms with Gasteiger partial charge in [-0.25, -0.2) is 14.0 Å². The maximum atomic E-state index is 12.9. The third-order valence-corrected chi connectivity index (χ3v) is 6.08. The van der Waals surface area contributed by atoms with E-state index in [0.717, 1.165) is 37.5 Å². The summed E-state index contributed by atoms with van der Waals surface area (Å²) in [6.45, 7) is 5.71. The number of fused-ring (bicyclic) bond motifs is 2. The van der Waals surface area contributed by atoms with Gasteiger partial charge in [-0.05, 0) is 48.8 Å². The Kier molecular flexibility index (Phi) is 6.44. The first-order valence-electron chi connectivity index (χ1n) is 9.59. The van der Waals surface area contributed by atoms with Crippen LogP contribution in [0.5, 0.6) is 0 Å². The molecule has 0 radical (unpaired) electrons. The van der Waals surface area contributed by atoms with Crippen LogP contribution in [0, 0.1) is 17.7 Å². The summed E-state index contributed by atoms with van der Waals surface area (Å²) in [7, 11) is 0. The SMILES string of the molecule is Fc1ccc(CN2CCN(C3CC4CCC3C4)CC2)cc1.O=C(O)C(=O)O. The maximum absolute atomic E-state index is 12.9. The lowest BCUT2D eigenvalue weighted by atomic mass is 9.93. The largest absolute Gasteiger partial charge is 0.473 e. The molecule has 3 fully saturated rings. The molecule has 4 rings (SSSR count). The van der Waals surface area contributed by atoms with Gasteiger partial charge >= 0.3 is 11.9 Å². The lowest BCUT2D eigenvalue weighted by molar-refractivity contribution is -0.159. The van der Waals surface area contributed by atoms with E-state index < -0.39 is 11.9 Å². The van der Waals surface area contributed by atoms with Gasteiger partial charge in [0.05, 0.1) is 0 Å². The van der Waals surface area contributed by atoms with Gasteiger partial charge < -0.3 is 10.2 Å². The highest BCUT2D eigenvalue weighted by atomic mass is 19.1. The van der Waals surface area contributed by atoms with Gasteiger partial charge in [0.1, 0.15) is 5.82 Å². The molecule has 2 aliphatic carbocycles. The number of carbonyl (C=O) groups is 2. The molecule has 1 aliphatic heterocycles. The minimum absolute atomic E-state index is 0.139. The normalized spacial score (nSPS) is 27.8. The predicted octanol–water partition coefficient (Wildman–Crippen LogP) is 2.29. The summed E-state index contributed by atoms with van der Waals surface area (Å²) in [6.07, 6.45) is 5.93. The second-order valence-corrected chi connectivity index (χ2v) is 7.79. The van der Waals surface area contributed by atoms with E-state index in [-0.39, 0.29) is 5.82 Å². The molecule has 1 saturated heterocycles. The zero-order valence-corrected chi connectivity index (χ0v) is 15.4. The Morgan fingerprint density at radius 1 is 0.963 bits per heavy atom. The number of halogens is 1. The van der Waals surface area contributed by atoms with Crippen molar-refractivity contribution in [3.05, 3.63) is 35.6 Å². The number of carboxylic acid groups (broad SMARTS) is 2. The number of nitrogens with zero attached hydrogens (tertiary/aromatic N) is 2. The third kappa shape index (κ3) is 5.26. The van der Waals surface area contributed by atoms with E-state index in [0.29, 0.717) is 0 Å². The molecule has 2 bridgehead atoms. The van der Waals surface area contributed by atoms with E-state index in [4.69, 9.17) is 19.8 Å². The minimum Gasteiger partial charge on any atom is -0.473 e. The Labute approximate surface area is 158 Å². The van der Waals surface area contributed by atoms with E-state index in [1.54, 1.807) is 12.1 Å². The van der Waals surface area contributed by atoms with Gasteiger partial charge in [0.2, 0.25) is 0 Å². The smallest absolute Gasteiger partial charge is 0.414 e. The molecule has 148 valence electrons. The summed E-state index contributed by atoms with van der Waals surface area (Å²) in [5.41, 5.74) is 1.23. The molecule has 2 saturated carbocycles. The summed E-state index contributed by atoms with van der Waals surface area (Å²) in [4.78, 5) is 23.5. The van der Waals surface area contributed by atoms with Gasteiger partial charge in [0.15, 0.2) is 0 Å². The second-order valence-electron chi connectivity index (χ2n) is 7.79. The highest BCUT2D eigenvalue weighted by Gasteiger charge is 2.42. The average molecular weight is 378 g/mol. The lowest BCUT2D eigenvalue weighted by Gasteiger charge is -2.41. The van der Waals surface area contributed by atoms with Crippen LogP contribution in [-0.2, 0) is 16.1 Å². The molecule has 0 aromatic heterocycles. The van der Waals surface area contributed by atoms with Crippen molar-refractivity contribution in [3.8, 4) is 0 Å². The molecule has 0 spiro atoms. The molecular weight excluding hydrogens is 351 g/mol. The summed E-state index contributed by atoms with van der Waals surface area (Å²) in [5.74, 6) is -1.75. The van der Waals surface area contributed by atoms with Crippen LogP contribution in [0.3, 0.4) is 0 Å². The standard InChI is InChI=1S/C18H25FN2.C2H2O4/c19-17-5-2-14(3-6-17)13-20-7-9-21(10-8-20)18-12-15-1-4-16(18)11-15;3-1(4)2(5)6/h2-3,5-6,15-16,18H,1,4,7-13H2;(H,3,4)(H,5,6). The minimum atomic E-state index is -1.82. The quantitative estimate of drug-likeness (QED) is 0.786. The Balaban J connectivity index is 0.000000307. The fourth-order valence-corrected chi connectivity index (χ4v) is 4.76. The summed E-state index contributed by atoms with van der Waals surface area (Å²) < 4.78 is 12.9. The van der Waals surface area contributed by atoms with E-state index in [1.807, 2.05) is 12.1 Å². The zero-order chi connectivity index (χ0) is 19.4. The number of hydrogen-bond acceptors (Lipinski definition) is 4. The topological polar surface area (TPSA) is 81.1 Å². The van der Waals surface area contributed by atoms with Crippen molar-refractivity contribution < 1.29 is 24.2 Å². The molecule has 0 amide bonds. The van der Waals surface area contributed by atoms with Crippen LogP contribution in [0.4, 0.5) is 4.39 Å². The van der Waals surface area contributed by atoms with Crippen molar-refractivity contribution in [1.82, 2.24) is 9.80 Å². The summed E-state index contributed by atoms with van der Waals surface area (Å²) in [6, 6.07) is 7.86. The highest BCUT2D eigenvalue weighted by molar-refractivity contribution is 6.27. The monoisotopic (exact) mass is 378 g/mol. The summed E-state index contributed by atoms with van der Waals surface area (Å²) >= 11 is 0.